The molecule has 11 heteroatoms. The number of hydrogen-bond acceptors (Lipinski definition) is 5. The van der Waals surface area contributed by atoms with Crippen LogP contribution in [0.1, 0.15) is 11.3 Å². The van der Waals surface area contributed by atoms with Crippen LogP contribution in [-0.2, 0) is 6.54 Å². The monoisotopic (exact) mass is 419 g/mol. The van der Waals surface area contributed by atoms with Crippen molar-refractivity contribution in [2.24, 2.45) is 0 Å². The van der Waals surface area contributed by atoms with Gasteiger partial charge in [0, 0.05) is 33.9 Å². The fourth-order valence-electron chi connectivity index (χ4n) is 2.11. The number of alkyl halides is 3. The summed E-state index contributed by atoms with van der Waals surface area (Å²) < 4.78 is 32.6. The molecule has 3 heterocycles. The summed E-state index contributed by atoms with van der Waals surface area (Å²) in [6, 6.07) is 4.07. The van der Waals surface area contributed by atoms with Crippen LogP contribution in [0.25, 0.3) is 5.78 Å². The fourth-order valence-corrected chi connectivity index (χ4v) is 2.36. The second kappa shape index (κ2) is 6.10. The van der Waals surface area contributed by atoms with Crippen LogP contribution in [0.15, 0.2) is 29.2 Å². The van der Waals surface area contributed by atoms with Gasteiger partial charge in [-0.05, 0) is 18.6 Å². The Morgan fingerprint density at radius 1 is 1.42 bits per heavy atom. The molecule has 3 aromatic rings. The van der Waals surface area contributed by atoms with E-state index in [1.165, 1.54) is 6.07 Å². The summed E-state index contributed by atoms with van der Waals surface area (Å²) in [5.41, 5.74) is 0.851. The standard InChI is InChI=1S/C13H9BrClF2N5O2/c1-7-4-10(23)22-12(19-11(20-22)24-13(14,16)17)21(7)6-8-2-3-9(15)18-5-8/h2-5H,6H2,1H3. The van der Waals surface area contributed by atoms with E-state index >= 15 is 0 Å². The Hall–Kier alpha value is -2.07. The van der Waals surface area contributed by atoms with E-state index < -0.39 is 16.6 Å². The molecule has 0 spiro atoms. The summed E-state index contributed by atoms with van der Waals surface area (Å²) >= 11 is 7.78. The minimum atomic E-state index is -3.64. The lowest BCUT2D eigenvalue weighted by atomic mass is 10.3. The van der Waals surface area contributed by atoms with Crippen molar-refractivity contribution in [3.05, 3.63) is 51.2 Å². The van der Waals surface area contributed by atoms with Crippen LogP contribution in [0.2, 0.25) is 5.15 Å². The van der Waals surface area contributed by atoms with Gasteiger partial charge in [-0.25, -0.2) is 4.98 Å². The Balaban J connectivity index is 2.09. The second-order valence-corrected chi connectivity index (χ2v) is 6.16. The van der Waals surface area contributed by atoms with E-state index in [-0.39, 0.29) is 5.78 Å². The quantitative estimate of drug-likeness (QED) is 0.479. The van der Waals surface area contributed by atoms with Crippen LogP contribution < -0.4 is 10.3 Å². The first-order chi connectivity index (χ1) is 11.2. The maximum absolute atomic E-state index is 12.9. The largest absolute Gasteiger partial charge is 0.461 e. The fraction of sp³-hybridized carbons (Fsp3) is 0.231. The molecule has 0 amide bonds. The molecule has 0 saturated heterocycles. The minimum Gasteiger partial charge on any atom is -0.388 e. The van der Waals surface area contributed by atoms with E-state index in [2.05, 4.69) is 19.8 Å². The highest BCUT2D eigenvalue weighted by atomic mass is 79.9. The third-order valence-corrected chi connectivity index (χ3v) is 3.50. The predicted octanol–water partition coefficient (Wildman–Crippen LogP) is 2.62. The van der Waals surface area contributed by atoms with Gasteiger partial charge in [0.25, 0.3) is 5.56 Å². The third-order valence-electron chi connectivity index (χ3n) is 3.12. The molecular formula is C13H9BrClF2N5O2. The number of aryl methyl sites for hydroxylation is 1. The lowest BCUT2D eigenvalue weighted by molar-refractivity contribution is -0.0859. The molecule has 3 aromatic heterocycles. The zero-order valence-corrected chi connectivity index (χ0v) is 14.4. The van der Waals surface area contributed by atoms with Crippen molar-refractivity contribution in [1.29, 1.82) is 0 Å². The smallest absolute Gasteiger partial charge is 0.388 e. The maximum atomic E-state index is 12.9. The Kier molecular flexibility index (Phi) is 4.26. The number of aromatic nitrogens is 5. The van der Waals surface area contributed by atoms with Gasteiger partial charge in [0.15, 0.2) is 0 Å². The molecule has 0 aliphatic carbocycles. The van der Waals surface area contributed by atoms with Gasteiger partial charge < -0.3 is 9.30 Å². The molecule has 0 atom stereocenters. The Labute approximate surface area is 147 Å². The van der Waals surface area contributed by atoms with Crippen molar-refractivity contribution in [1.82, 2.24) is 24.1 Å². The number of pyridine rings is 1. The van der Waals surface area contributed by atoms with Crippen molar-refractivity contribution >= 4 is 33.3 Å². The van der Waals surface area contributed by atoms with Gasteiger partial charge >= 0.3 is 11.0 Å². The van der Waals surface area contributed by atoms with Gasteiger partial charge in [-0.1, -0.05) is 17.7 Å². The summed E-state index contributed by atoms with van der Waals surface area (Å²) in [6.07, 6.45) is 1.57. The Morgan fingerprint density at radius 3 is 2.79 bits per heavy atom. The molecule has 0 saturated carbocycles. The predicted molar refractivity (Wildman–Crippen MR) is 84.8 cm³/mol. The average Bonchev–Trinajstić information content (AvgIpc) is 2.87. The van der Waals surface area contributed by atoms with E-state index in [4.69, 9.17) is 11.6 Å². The van der Waals surface area contributed by atoms with Crippen molar-refractivity contribution < 1.29 is 13.5 Å². The molecule has 0 aliphatic rings. The van der Waals surface area contributed by atoms with Crippen molar-refractivity contribution in [2.75, 3.05) is 0 Å². The van der Waals surface area contributed by atoms with E-state index in [0.29, 0.717) is 17.4 Å². The number of hydrogen-bond donors (Lipinski definition) is 0. The highest BCUT2D eigenvalue weighted by molar-refractivity contribution is 9.09. The topological polar surface area (TPSA) is 74.3 Å². The first-order valence-corrected chi connectivity index (χ1v) is 7.73. The zero-order chi connectivity index (χ0) is 17.5. The molecule has 0 N–H and O–H groups in total. The van der Waals surface area contributed by atoms with Crippen molar-refractivity contribution in [3.8, 4) is 6.01 Å². The molecule has 126 valence electrons. The molecule has 0 aliphatic heterocycles. The van der Waals surface area contributed by atoms with Crippen molar-refractivity contribution in [3.63, 3.8) is 0 Å². The van der Waals surface area contributed by atoms with Gasteiger partial charge in [0.2, 0.25) is 5.78 Å². The van der Waals surface area contributed by atoms with Crippen LogP contribution in [0.5, 0.6) is 6.01 Å². The van der Waals surface area contributed by atoms with E-state index in [0.717, 1.165) is 10.1 Å². The SMILES string of the molecule is Cc1cc(=O)n2nc(OC(F)(F)Br)nc2n1Cc1ccc(Cl)nc1. The summed E-state index contributed by atoms with van der Waals surface area (Å²) in [4.78, 5) is 19.8. The molecule has 0 radical (unpaired) electrons. The number of rotatable bonds is 4. The molecule has 7 nitrogen and oxygen atoms in total. The van der Waals surface area contributed by atoms with Crippen LogP contribution >= 0.6 is 27.5 Å². The van der Waals surface area contributed by atoms with Crippen LogP contribution in [0, 0.1) is 6.92 Å². The van der Waals surface area contributed by atoms with E-state index in [1.54, 1.807) is 29.8 Å². The normalized spacial score (nSPS) is 11.9. The number of fused-ring (bicyclic) bond motifs is 1. The lowest BCUT2D eigenvalue weighted by Crippen LogP contribution is -2.20. The van der Waals surface area contributed by atoms with Crippen LogP contribution in [-0.4, -0.2) is 29.2 Å². The molecule has 3 rings (SSSR count). The number of halogens is 4. The van der Waals surface area contributed by atoms with Gasteiger partial charge in [-0.2, -0.15) is 18.3 Å². The maximum Gasteiger partial charge on any atom is 0.461 e. The first kappa shape index (κ1) is 16.8. The van der Waals surface area contributed by atoms with Gasteiger partial charge in [0.05, 0.1) is 6.54 Å². The number of ether oxygens (including phenoxy) is 1. The molecular weight excluding hydrogens is 412 g/mol. The zero-order valence-electron chi connectivity index (χ0n) is 12.1. The summed E-state index contributed by atoms with van der Waals surface area (Å²) in [5.74, 6) is 0.0710. The molecule has 0 aromatic carbocycles. The summed E-state index contributed by atoms with van der Waals surface area (Å²) in [6.45, 7) is 1.99. The van der Waals surface area contributed by atoms with Gasteiger partial charge in [-0.15, -0.1) is 5.10 Å². The average molecular weight is 421 g/mol. The molecule has 0 bridgehead atoms. The van der Waals surface area contributed by atoms with Crippen LogP contribution in [0.4, 0.5) is 8.78 Å². The molecule has 0 unspecified atom stereocenters. The van der Waals surface area contributed by atoms with Gasteiger partial charge in [-0.3, -0.25) is 4.79 Å². The first-order valence-electron chi connectivity index (χ1n) is 6.56. The van der Waals surface area contributed by atoms with E-state index in [9.17, 15) is 13.6 Å². The molecule has 24 heavy (non-hydrogen) atoms. The highest BCUT2D eigenvalue weighted by Gasteiger charge is 2.29. The van der Waals surface area contributed by atoms with Crippen LogP contribution in [0.3, 0.4) is 0 Å². The van der Waals surface area contributed by atoms with Crippen molar-refractivity contribution in [2.45, 2.75) is 18.5 Å². The minimum absolute atomic E-state index is 0.0710. The summed E-state index contributed by atoms with van der Waals surface area (Å²) in [7, 11) is 0. The Morgan fingerprint density at radius 2 is 2.17 bits per heavy atom. The molecule has 0 fully saturated rings. The number of nitrogens with zero attached hydrogens (tertiary/aromatic N) is 5. The van der Waals surface area contributed by atoms with Gasteiger partial charge in [0.1, 0.15) is 5.15 Å². The third kappa shape index (κ3) is 3.54. The lowest BCUT2D eigenvalue weighted by Gasteiger charge is -2.11. The summed E-state index contributed by atoms with van der Waals surface area (Å²) in [5, 5.41) is 0.366. The second-order valence-electron chi connectivity index (χ2n) is 4.85. The Bertz CT molecular complexity index is 952. The van der Waals surface area contributed by atoms with E-state index in [1.807, 2.05) is 15.9 Å². The highest BCUT2D eigenvalue weighted by Crippen LogP contribution is 2.24.